The van der Waals surface area contributed by atoms with Gasteiger partial charge in [0.1, 0.15) is 6.04 Å². The third-order valence-corrected chi connectivity index (χ3v) is 12.2. The number of nitrogen functional groups attached to an aromatic ring is 2. The van der Waals surface area contributed by atoms with Crippen LogP contribution in [0.1, 0.15) is 95.4 Å². The van der Waals surface area contributed by atoms with Gasteiger partial charge in [-0.1, -0.05) is 13.8 Å². The SMILES string of the molecule is Cc1nn(-c2ccc(C(N)=O)c(NCCCOCCOCCOCCOCCOCCCNC(=O)CC[C@H](NC(=O)c3ccc(N(C)Cc4cnc5nc(N)nc(N)c5n4)cc3)C(=O)O)c2)c2c1C(O)CC(C)(C)C2. The van der Waals surface area contributed by atoms with E-state index in [0.29, 0.717) is 127 Å². The van der Waals surface area contributed by atoms with E-state index in [-0.39, 0.29) is 47.1 Å². The van der Waals surface area contributed by atoms with E-state index in [1.54, 1.807) is 36.5 Å². The summed E-state index contributed by atoms with van der Waals surface area (Å²) in [6.45, 7) is 11.5. The molecule has 1 unspecified atom stereocenters. The molecule has 1 aliphatic carbocycles. The lowest BCUT2D eigenvalue weighted by Gasteiger charge is -2.33. The number of nitrogens with two attached hydrogens (primary N) is 3. The molecule has 24 heteroatoms. The van der Waals surface area contributed by atoms with Crippen molar-refractivity contribution in [3.8, 4) is 5.69 Å². The standard InChI is InChI=1S/C51H71N13O11/c1-32-43-40(28-51(2,3)29-41(43)65)64(62-32)36-11-12-37(46(53)67)39(27-36)55-15-5-17-71-19-21-73-23-25-75-26-24-74-22-20-72-18-6-16-56-42(66)14-13-38(49(69)70)59-48(68)33-7-9-35(10-8-33)63(4)31-34-30-57-47-44(58-34)45(52)60-50(54)61-47/h7-12,27,30,38,41,55,65H,5-6,13-26,28-29,31H2,1-4H3,(H2,53,67)(H,56,66)(H,59,68)(H,69,70)(H4,52,54,57,60,61)/t38-,41?/m0/s1. The summed E-state index contributed by atoms with van der Waals surface area (Å²) in [6, 6.07) is 10.7. The van der Waals surface area contributed by atoms with Gasteiger partial charge in [0, 0.05) is 62.3 Å². The minimum Gasteiger partial charge on any atom is -0.480 e. The number of benzene rings is 2. The Morgan fingerprint density at radius 2 is 1.49 bits per heavy atom. The number of fused-ring (bicyclic) bond motifs is 2. The Hall–Kier alpha value is -7.09. The van der Waals surface area contributed by atoms with Crippen LogP contribution >= 0.6 is 0 Å². The quantitative estimate of drug-likeness (QED) is 0.0287. The Balaban J connectivity index is 0.728. The normalized spacial score (nSPS) is 14.3. The minimum atomic E-state index is -1.26. The molecule has 5 aromatic rings. The fourth-order valence-corrected chi connectivity index (χ4v) is 8.48. The number of carboxylic acids is 1. The highest BCUT2D eigenvalue weighted by molar-refractivity contribution is 5.99. The summed E-state index contributed by atoms with van der Waals surface area (Å²) in [6.07, 6.45) is 3.49. The summed E-state index contributed by atoms with van der Waals surface area (Å²) in [5, 5.41) is 33.9. The molecule has 0 fully saturated rings. The van der Waals surface area contributed by atoms with Crippen LogP contribution in [-0.2, 0) is 46.2 Å². The number of aliphatic hydroxyl groups excluding tert-OH is 1. The molecule has 3 heterocycles. The van der Waals surface area contributed by atoms with Gasteiger partial charge in [0.15, 0.2) is 17.0 Å². The van der Waals surface area contributed by atoms with Gasteiger partial charge in [-0.2, -0.15) is 15.1 Å². The number of ether oxygens (including phenoxy) is 5. The van der Waals surface area contributed by atoms with Crippen LogP contribution in [0.4, 0.5) is 23.1 Å². The number of carbonyl (C=O) groups excluding carboxylic acids is 3. The molecule has 406 valence electrons. The van der Waals surface area contributed by atoms with Crippen molar-refractivity contribution in [2.24, 2.45) is 11.1 Å². The van der Waals surface area contributed by atoms with Gasteiger partial charge in [-0.15, -0.1) is 0 Å². The van der Waals surface area contributed by atoms with Crippen molar-refractivity contribution < 1.29 is 53.1 Å². The molecule has 0 bridgehead atoms. The highest BCUT2D eigenvalue weighted by atomic mass is 16.6. The zero-order valence-electron chi connectivity index (χ0n) is 43.1. The highest BCUT2D eigenvalue weighted by Crippen LogP contribution is 2.43. The van der Waals surface area contributed by atoms with Crippen LogP contribution < -0.4 is 38.1 Å². The Morgan fingerprint density at radius 3 is 2.12 bits per heavy atom. The molecule has 6 rings (SSSR count). The summed E-state index contributed by atoms with van der Waals surface area (Å²) in [5.74, 6) is -2.57. The molecule has 3 aromatic heterocycles. The number of aryl methyl sites for hydroxylation is 1. The van der Waals surface area contributed by atoms with Gasteiger partial charge in [-0.05, 0) is 86.9 Å². The minimum absolute atomic E-state index is 0.00692. The number of aliphatic carboxylic acids is 1. The molecule has 3 amide bonds. The number of nitrogens with one attached hydrogen (secondary N) is 3. The van der Waals surface area contributed by atoms with Crippen molar-refractivity contribution in [3.05, 3.63) is 82.4 Å². The highest BCUT2D eigenvalue weighted by Gasteiger charge is 2.36. The number of carbonyl (C=O) groups is 4. The second-order valence-corrected chi connectivity index (χ2v) is 18.9. The second kappa shape index (κ2) is 28.0. The average molecular weight is 1040 g/mol. The van der Waals surface area contributed by atoms with Gasteiger partial charge in [0.05, 0.1) is 100 Å². The molecule has 0 aliphatic heterocycles. The molecule has 2 atom stereocenters. The molecule has 0 spiro atoms. The van der Waals surface area contributed by atoms with Crippen molar-refractivity contribution in [1.82, 2.24) is 40.3 Å². The van der Waals surface area contributed by atoms with E-state index in [4.69, 9.17) is 46.0 Å². The summed E-state index contributed by atoms with van der Waals surface area (Å²) >= 11 is 0. The largest absolute Gasteiger partial charge is 0.480 e. The van der Waals surface area contributed by atoms with Crippen LogP contribution in [0.3, 0.4) is 0 Å². The first kappa shape index (κ1) is 57.2. The van der Waals surface area contributed by atoms with Gasteiger partial charge >= 0.3 is 5.97 Å². The van der Waals surface area contributed by atoms with Crippen LogP contribution in [0.25, 0.3) is 16.9 Å². The van der Waals surface area contributed by atoms with Crippen LogP contribution in [0.5, 0.6) is 0 Å². The number of hydrogen-bond donors (Lipinski definition) is 8. The molecule has 0 saturated carbocycles. The Labute approximate surface area is 435 Å². The van der Waals surface area contributed by atoms with Crippen LogP contribution in [-0.4, -0.2) is 156 Å². The number of rotatable bonds is 32. The van der Waals surface area contributed by atoms with E-state index >= 15 is 0 Å². The maximum absolute atomic E-state index is 12.9. The number of amides is 3. The Morgan fingerprint density at radius 1 is 0.867 bits per heavy atom. The number of anilines is 4. The van der Waals surface area contributed by atoms with E-state index in [1.807, 2.05) is 35.7 Å². The Bertz CT molecular complexity index is 2700. The first-order chi connectivity index (χ1) is 36.0. The number of primary amides is 1. The average Bonchev–Trinajstić information content (AvgIpc) is 3.70. The van der Waals surface area contributed by atoms with Crippen molar-refractivity contribution in [2.45, 2.75) is 78.0 Å². The fourth-order valence-electron chi connectivity index (χ4n) is 8.48. The van der Waals surface area contributed by atoms with Crippen LogP contribution in [0.15, 0.2) is 48.7 Å². The van der Waals surface area contributed by atoms with E-state index in [9.17, 15) is 29.4 Å². The molecule has 75 heavy (non-hydrogen) atoms. The topological polar surface area (TPSA) is 342 Å². The number of aliphatic hydroxyl groups is 1. The van der Waals surface area contributed by atoms with Crippen molar-refractivity contribution >= 4 is 58.0 Å². The van der Waals surface area contributed by atoms with Crippen LogP contribution in [0, 0.1) is 12.3 Å². The van der Waals surface area contributed by atoms with Gasteiger partial charge in [-0.3, -0.25) is 14.4 Å². The molecular weight excluding hydrogens is 971 g/mol. The predicted octanol–water partition coefficient (Wildman–Crippen LogP) is 2.87. The molecule has 24 nitrogen and oxygen atoms in total. The van der Waals surface area contributed by atoms with E-state index in [2.05, 4.69) is 49.7 Å². The van der Waals surface area contributed by atoms with E-state index in [1.165, 1.54) is 0 Å². The first-order valence-corrected chi connectivity index (χ1v) is 25.0. The fraction of sp³-hybridized carbons (Fsp3) is 0.510. The molecule has 11 N–H and O–H groups in total. The molecule has 1 aliphatic rings. The lowest BCUT2D eigenvalue weighted by atomic mass is 9.75. The maximum atomic E-state index is 12.9. The summed E-state index contributed by atoms with van der Waals surface area (Å²) < 4.78 is 29.8. The Kier molecular flexibility index (Phi) is 21.3. The summed E-state index contributed by atoms with van der Waals surface area (Å²) in [4.78, 5) is 68.1. The third kappa shape index (κ3) is 17.2. The molecule has 2 aromatic carbocycles. The van der Waals surface area contributed by atoms with Crippen LogP contribution in [0.2, 0.25) is 0 Å². The number of nitrogens with zero attached hydrogens (tertiary/aromatic N) is 7. The monoisotopic (exact) mass is 1040 g/mol. The molecule has 0 radical (unpaired) electrons. The van der Waals surface area contributed by atoms with Gasteiger partial charge in [-0.25, -0.2) is 19.4 Å². The number of hydrogen-bond acceptors (Lipinski definition) is 19. The summed E-state index contributed by atoms with van der Waals surface area (Å²) in [7, 11) is 1.83. The van der Waals surface area contributed by atoms with Gasteiger partial charge in [0.2, 0.25) is 11.9 Å². The zero-order chi connectivity index (χ0) is 53.9. The number of aromatic nitrogens is 6. The van der Waals surface area contributed by atoms with Crippen molar-refractivity contribution in [2.75, 3.05) is 108 Å². The smallest absolute Gasteiger partial charge is 0.326 e. The van der Waals surface area contributed by atoms with E-state index in [0.717, 1.165) is 34.7 Å². The zero-order valence-corrected chi connectivity index (χ0v) is 43.1. The summed E-state index contributed by atoms with van der Waals surface area (Å²) in [5.41, 5.74) is 23.9. The lowest BCUT2D eigenvalue weighted by molar-refractivity contribution is -0.139. The van der Waals surface area contributed by atoms with Crippen molar-refractivity contribution in [1.29, 1.82) is 0 Å². The maximum Gasteiger partial charge on any atom is 0.326 e. The predicted molar refractivity (Wildman–Crippen MR) is 279 cm³/mol. The molecular formula is C51H71N13O11. The molecule has 0 saturated heterocycles. The second-order valence-electron chi connectivity index (χ2n) is 18.9. The third-order valence-electron chi connectivity index (χ3n) is 12.2. The van der Waals surface area contributed by atoms with Gasteiger partial charge in [0.25, 0.3) is 11.8 Å². The van der Waals surface area contributed by atoms with E-state index < -0.39 is 29.9 Å². The first-order valence-electron chi connectivity index (χ1n) is 25.0. The van der Waals surface area contributed by atoms with Gasteiger partial charge < -0.3 is 71.9 Å². The number of carboxylic acid groups (broad SMARTS) is 1. The van der Waals surface area contributed by atoms with Crippen molar-refractivity contribution in [3.63, 3.8) is 0 Å². The lowest BCUT2D eigenvalue weighted by Crippen LogP contribution is -2.41.